The minimum absolute atomic E-state index is 0.0537. The van der Waals surface area contributed by atoms with Crippen LogP contribution >= 0.6 is 15.9 Å². The highest BCUT2D eigenvalue weighted by molar-refractivity contribution is 9.10. The summed E-state index contributed by atoms with van der Waals surface area (Å²) in [5.74, 6) is 0.124. The van der Waals surface area contributed by atoms with Gasteiger partial charge in [-0.15, -0.1) is 0 Å². The molecule has 6 heteroatoms. The molecule has 1 aliphatic heterocycles. The predicted molar refractivity (Wildman–Crippen MR) is 115 cm³/mol. The first-order valence-corrected chi connectivity index (χ1v) is 9.95. The Morgan fingerprint density at radius 3 is 2.62 bits per heavy atom. The summed E-state index contributed by atoms with van der Waals surface area (Å²) < 4.78 is 6.14. The third kappa shape index (κ3) is 3.89. The third-order valence-corrected chi connectivity index (χ3v) is 5.39. The fraction of sp³-hybridized carbons (Fsp3) is 0.130. The average Bonchev–Trinajstić information content (AvgIpc) is 2.89. The molecule has 4 rings (SSSR count). The number of benzene rings is 3. The van der Waals surface area contributed by atoms with E-state index in [0.717, 1.165) is 15.6 Å². The molecule has 1 aliphatic rings. The van der Waals surface area contributed by atoms with Crippen molar-refractivity contribution < 1.29 is 14.3 Å². The molecular weight excluding hydrogens is 432 g/mol. The average molecular weight is 451 g/mol. The van der Waals surface area contributed by atoms with Crippen molar-refractivity contribution in [1.82, 2.24) is 4.90 Å². The van der Waals surface area contributed by atoms with Crippen LogP contribution < -0.4 is 10.1 Å². The second kappa shape index (κ2) is 8.09. The van der Waals surface area contributed by atoms with E-state index in [-0.39, 0.29) is 18.4 Å². The summed E-state index contributed by atoms with van der Waals surface area (Å²) in [4.78, 5) is 27.8. The van der Waals surface area contributed by atoms with Gasteiger partial charge in [-0.1, -0.05) is 52.3 Å². The van der Waals surface area contributed by atoms with E-state index in [1.165, 1.54) is 0 Å². The van der Waals surface area contributed by atoms with Crippen LogP contribution in [0.4, 0.5) is 5.69 Å². The number of ether oxygens (including phenoxy) is 1. The van der Waals surface area contributed by atoms with Crippen LogP contribution in [0.25, 0.3) is 0 Å². The van der Waals surface area contributed by atoms with Crippen LogP contribution in [0.15, 0.2) is 77.3 Å². The Morgan fingerprint density at radius 1 is 1.07 bits per heavy atom. The predicted octanol–water partition coefficient (Wildman–Crippen LogP) is 4.64. The summed E-state index contributed by atoms with van der Waals surface area (Å²) in [6, 6.07) is 22.0. The fourth-order valence-corrected chi connectivity index (χ4v) is 3.96. The van der Waals surface area contributed by atoms with Crippen molar-refractivity contribution in [2.45, 2.75) is 6.04 Å². The molecule has 0 fully saturated rings. The van der Waals surface area contributed by atoms with Crippen molar-refractivity contribution in [3.05, 3.63) is 94.0 Å². The summed E-state index contributed by atoms with van der Waals surface area (Å²) in [5, 5.41) is 2.93. The van der Waals surface area contributed by atoms with Gasteiger partial charge in [-0.05, 0) is 42.0 Å². The molecule has 0 unspecified atom stereocenters. The van der Waals surface area contributed by atoms with E-state index in [2.05, 4.69) is 21.2 Å². The van der Waals surface area contributed by atoms with Crippen molar-refractivity contribution >= 4 is 33.4 Å². The number of nitrogens with one attached hydrogen (secondary N) is 1. The van der Waals surface area contributed by atoms with Gasteiger partial charge in [0, 0.05) is 21.3 Å². The number of fused-ring (bicyclic) bond motifs is 1. The Kier molecular flexibility index (Phi) is 5.36. The Morgan fingerprint density at radius 2 is 1.86 bits per heavy atom. The van der Waals surface area contributed by atoms with E-state index in [9.17, 15) is 9.59 Å². The number of anilines is 1. The van der Waals surface area contributed by atoms with E-state index >= 15 is 0 Å². The lowest BCUT2D eigenvalue weighted by atomic mass is 9.95. The zero-order valence-corrected chi connectivity index (χ0v) is 17.3. The Labute approximate surface area is 177 Å². The molecule has 0 saturated heterocycles. The first kappa shape index (κ1) is 19.2. The van der Waals surface area contributed by atoms with Crippen LogP contribution in [0.1, 0.15) is 27.5 Å². The van der Waals surface area contributed by atoms with Crippen LogP contribution in [-0.4, -0.2) is 30.4 Å². The number of halogens is 1. The number of carbonyl (C=O) groups excluding carboxylic acids is 2. The number of carbonyl (C=O) groups is 2. The molecule has 5 nitrogen and oxygen atoms in total. The lowest BCUT2D eigenvalue weighted by Crippen LogP contribution is -2.39. The topological polar surface area (TPSA) is 58.6 Å². The van der Waals surface area contributed by atoms with E-state index in [1.807, 2.05) is 48.5 Å². The third-order valence-electron chi connectivity index (χ3n) is 4.90. The van der Waals surface area contributed by atoms with E-state index in [1.54, 1.807) is 36.3 Å². The quantitative estimate of drug-likeness (QED) is 0.631. The SMILES string of the molecule is COc1cccc(C(=O)N2CC(=O)Nc3ccc(Br)cc3[C@H]2c2ccccc2)c1. The summed E-state index contributed by atoms with van der Waals surface area (Å²) in [7, 11) is 1.56. The first-order valence-electron chi connectivity index (χ1n) is 9.16. The smallest absolute Gasteiger partial charge is 0.255 e. The van der Waals surface area contributed by atoms with Crippen LogP contribution in [0, 0.1) is 0 Å². The van der Waals surface area contributed by atoms with Crippen LogP contribution in [-0.2, 0) is 4.79 Å². The summed E-state index contributed by atoms with van der Waals surface area (Å²) in [6.07, 6.45) is 0. The van der Waals surface area contributed by atoms with Crippen molar-refractivity contribution in [3.63, 3.8) is 0 Å². The second-order valence-corrected chi connectivity index (χ2v) is 7.67. The molecule has 1 heterocycles. The van der Waals surface area contributed by atoms with Gasteiger partial charge in [0.1, 0.15) is 12.3 Å². The van der Waals surface area contributed by atoms with E-state index in [0.29, 0.717) is 17.0 Å². The number of methoxy groups -OCH3 is 1. The van der Waals surface area contributed by atoms with Gasteiger partial charge in [-0.2, -0.15) is 0 Å². The highest BCUT2D eigenvalue weighted by atomic mass is 79.9. The summed E-state index contributed by atoms with van der Waals surface area (Å²) in [5.41, 5.74) is 2.96. The summed E-state index contributed by atoms with van der Waals surface area (Å²) in [6.45, 7) is -0.0537. The summed E-state index contributed by atoms with van der Waals surface area (Å²) >= 11 is 3.52. The first-order chi connectivity index (χ1) is 14.1. The van der Waals surface area contributed by atoms with Gasteiger partial charge in [-0.25, -0.2) is 0 Å². The van der Waals surface area contributed by atoms with Crippen LogP contribution in [0.5, 0.6) is 5.75 Å². The van der Waals surface area contributed by atoms with Gasteiger partial charge in [-0.3, -0.25) is 9.59 Å². The highest BCUT2D eigenvalue weighted by Crippen LogP contribution is 2.38. The van der Waals surface area contributed by atoms with Crippen molar-refractivity contribution in [3.8, 4) is 5.75 Å². The molecule has 0 radical (unpaired) electrons. The van der Waals surface area contributed by atoms with Crippen molar-refractivity contribution in [2.75, 3.05) is 19.0 Å². The van der Waals surface area contributed by atoms with Gasteiger partial charge < -0.3 is 15.0 Å². The maximum absolute atomic E-state index is 13.5. The van der Waals surface area contributed by atoms with Crippen LogP contribution in [0.3, 0.4) is 0 Å². The molecule has 146 valence electrons. The van der Waals surface area contributed by atoms with E-state index in [4.69, 9.17) is 4.74 Å². The second-order valence-electron chi connectivity index (χ2n) is 6.76. The molecule has 0 spiro atoms. The number of nitrogens with zero attached hydrogens (tertiary/aromatic N) is 1. The lowest BCUT2D eigenvalue weighted by molar-refractivity contribution is -0.117. The maximum atomic E-state index is 13.5. The lowest BCUT2D eigenvalue weighted by Gasteiger charge is -2.31. The number of rotatable bonds is 3. The standard InChI is InChI=1S/C23H19BrN2O3/c1-29-18-9-5-8-16(12-18)23(28)26-14-21(27)25-20-11-10-17(24)13-19(20)22(26)15-6-3-2-4-7-15/h2-13,22H,14H2,1H3,(H,25,27)/t22-/m1/s1. The zero-order valence-electron chi connectivity index (χ0n) is 15.8. The molecule has 3 aromatic carbocycles. The molecule has 1 atom stereocenters. The fourth-order valence-electron chi connectivity index (χ4n) is 3.58. The minimum Gasteiger partial charge on any atom is -0.497 e. The number of amides is 2. The Balaban J connectivity index is 1.87. The zero-order chi connectivity index (χ0) is 20.4. The number of hydrogen-bond donors (Lipinski definition) is 1. The van der Waals surface area contributed by atoms with E-state index < -0.39 is 6.04 Å². The molecule has 0 aromatic heterocycles. The molecule has 2 amide bonds. The van der Waals surface area contributed by atoms with Gasteiger partial charge in [0.05, 0.1) is 13.2 Å². The Bertz CT molecular complexity index is 1070. The molecule has 1 N–H and O–H groups in total. The molecule has 0 aliphatic carbocycles. The highest BCUT2D eigenvalue weighted by Gasteiger charge is 2.34. The monoisotopic (exact) mass is 450 g/mol. The minimum atomic E-state index is -0.415. The maximum Gasteiger partial charge on any atom is 0.255 e. The molecule has 29 heavy (non-hydrogen) atoms. The normalized spacial score (nSPS) is 15.9. The van der Waals surface area contributed by atoms with Gasteiger partial charge in [0.25, 0.3) is 5.91 Å². The Hall–Kier alpha value is -3.12. The van der Waals surface area contributed by atoms with Crippen molar-refractivity contribution in [1.29, 1.82) is 0 Å². The van der Waals surface area contributed by atoms with Gasteiger partial charge >= 0.3 is 0 Å². The molecular formula is C23H19BrN2O3. The van der Waals surface area contributed by atoms with Crippen molar-refractivity contribution in [2.24, 2.45) is 0 Å². The molecule has 0 saturated carbocycles. The molecule has 3 aromatic rings. The number of hydrogen-bond acceptors (Lipinski definition) is 3. The van der Waals surface area contributed by atoms with Gasteiger partial charge in [0.2, 0.25) is 5.91 Å². The van der Waals surface area contributed by atoms with Crippen LogP contribution in [0.2, 0.25) is 0 Å². The largest absolute Gasteiger partial charge is 0.497 e. The molecule has 0 bridgehead atoms. The van der Waals surface area contributed by atoms with Gasteiger partial charge in [0.15, 0.2) is 0 Å².